The van der Waals surface area contributed by atoms with Gasteiger partial charge in [-0.05, 0) is 60.9 Å². The number of phenols is 1. The lowest BCUT2D eigenvalue weighted by atomic mass is 9.99. The lowest BCUT2D eigenvalue weighted by Gasteiger charge is -2.31. The molecule has 2 N–H and O–H groups in total. The molecular weight excluding hydrogens is 364 g/mol. The first-order chi connectivity index (χ1) is 14.1. The van der Waals surface area contributed by atoms with E-state index in [9.17, 15) is 9.90 Å². The van der Waals surface area contributed by atoms with Gasteiger partial charge >= 0.3 is 6.03 Å². The number of piperidine rings is 1. The number of nitrogens with zero attached hydrogens (tertiary/aromatic N) is 3. The van der Waals surface area contributed by atoms with E-state index in [0.29, 0.717) is 19.1 Å². The Bertz CT molecular complexity index is 827. The topological polar surface area (TPSA) is 68.7 Å². The minimum absolute atomic E-state index is 0.0649. The summed E-state index contributed by atoms with van der Waals surface area (Å²) in [5.41, 5.74) is 1.94. The maximum atomic E-state index is 12.8. The third kappa shape index (κ3) is 5.19. The van der Waals surface area contributed by atoms with Gasteiger partial charge in [0.25, 0.3) is 0 Å². The molecular formula is C23H30N4O2. The summed E-state index contributed by atoms with van der Waals surface area (Å²) >= 11 is 0. The van der Waals surface area contributed by atoms with E-state index in [1.807, 2.05) is 23.2 Å². The van der Waals surface area contributed by atoms with Crippen molar-refractivity contribution >= 4 is 11.8 Å². The average molecular weight is 395 g/mol. The Morgan fingerprint density at radius 2 is 1.97 bits per heavy atom. The molecule has 1 saturated heterocycles. The van der Waals surface area contributed by atoms with Crippen molar-refractivity contribution in [1.82, 2.24) is 15.2 Å². The molecule has 6 heteroatoms. The maximum absolute atomic E-state index is 12.8. The van der Waals surface area contributed by atoms with Gasteiger partial charge in [0.1, 0.15) is 11.6 Å². The molecule has 154 valence electrons. The zero-order valence-corrected chi connectivity index (χ0v) is 17.1. The highest BCUT2D eigenvalue weighted by Gasteiger charge is 2.32. The van der Waals surface area contributed by atoms with E-state index in [0.717, 1.165) is 48.8 Å². The summed E-state index contributed by atoms with van der Waals surface area (Å²) in [6, 6.07) is 11.4. The number of aromatic hydroxyl groups is 1. The van der Waals surface area contributed by atoms with Gasteiger partial charge in [0.05, 0.1) is 0 Å². The van der Waals surface area contributed by atoms with Crippen molar-refractivity contribution in [2.45, 2.75) is 51.7 Å². The van der Waals surface area contributed by atoms with Gasteiger partial charge in [-0.1, -0.05) is 25.1 Å². The van der Waals surface area contributed by atoms with Crippen LogP contribution in [0.5, 0.6) is 5.75 Å². The molecule has 2 fully saturated rings. The van der Waals surface area contributed by atoms with Crippen molar-refractivity contribution in [3.63, 3.8) is 0 Å². The first-order valence-corrected chi connectivity index (χ1v) is 10.6. The minimum Gasteiger partial charge on any atom is -0.508 e. The number of hydrogen-bond acceptors (Lipinski definition) is 4. The Morgan fingerprint density at radius 1 is 1.17 bits per heavy atom. The van der Waals surface area contributed by atoms with Crippen molar-refractivity contribution in [2.24, 2.45) is 5.92 Å². The summed E-state index contributed by atoms with van der Waals surface area (Å²) in [4.78, 5) is 21.6. The van der Waals surface area contributed by atoms with E-state index >= 15 is 0 Å². The highest BCUT2D eigenvalue weighted by Crippen LogP contribution is 2.29. The van der Waals surface area contributed by atoms with Crippen LogP contribution in [-0.2, 0) is 13.1 Å². The Kier molecular flexibility index (Phi) is 5.88. The number of pyridine rings is 1. The van der Waals surface area contributed by atoms with Crippen LogP contribution in [0.25, 0.3) is 0 Å². The monoisotopic (exact) mass is 394 g/mol. The number of rotatable bonds is 6. The fourth-order valence-electron chi connectivity index (χ4n) is 3.83. The number of urea groups is 1. The number of carbonyl (C=O) groups excluding carboxylic acids is 1. The number of amides is 2. The quantitative estimate of drug-likeness (QED) is 0.780. The zero-order valence-electron chi connectivity index (χ0n) is 17.1. The van der Waals surface area contributed by atoms with Crippen LogP contribution in [-0.4, -0.2) is 40.2 Å². The van der Waals surface area contributed by atoms with Gasteiger partial charge in [-0.2, -0.15) is 0 Å². The number of phenolic OH excluding ortho intramolecular Hbond substituents is 1. The number of anilines is 1. The lowest BCUT2D eigenvalue weighted by Crippen LogP contribution is -2.40. The zero-order chi connectivity index (χ0) is 20.2. The van der Waals surface area contributed by atoms with Crippen molar-refractivity contribution in [1.29, 1.82) is 0 Å². The molecule has 0 radical (unpaired) electrons. The number of hydrogen-bond donors (Lipinski definition) is 2. The molecule has 4 rings (SSSR count). The minimum atomic E-state index is -0.0649. The van der Waals surface area contributed by atoms with Crippen molar-refractivity contribution in [3.8, 4) is 5.75 Å². The predicted molar refractivity (Wildman–Crippen MR) is 114 cm³/mol. The molecule has 0 spiro atoms. The van der Waals surface area contributed by atoms with Crippen LogP contribution in [0.4, 0.5) is 10.6 Å². The van der Waals surface area contributed by atoms with E-state index in [2.05, 4.69) is 34.3 Å². The van der Waals surface area contributed by atoms with Crippen LogP contribution in [0.2, 0.25) is 0 Å². The molecule has 0 atom stereocenters. The van der Waals surface area contributed by atoms with Crippen LogP contribution in [0.1, 0.15) is 43.7 Å². The number of carbonyl (C=O) groups is 1. The molecule has 6 nitrogen and oxygen atoms in total. The molecule has 1 aliphatic carbocycles. The first kappa shape index (κ1) is 19.6. The molecule has 2 aliphatic rings. The summed E-state index contributed by atoms with van der Waals surface area (Å²) in [5.74, 6) is 2.05. The smallest absolute Gasteiger partial charge is 0.318 e. The Balaban J connectivity index is 1.32. The van der Waals surface area contributed by atoms with Gasteiger partial charge in [-0.15, -0.1) is 0 Å². The van der Waals surface area contributed by atoms with Crippen molar-refractivity contribution < 1.29 is 9.90 Å². The highest BCUT2D eigenvalue weighted by molar-refractivity contribution is 5.75. The largest absolute Gasteiger partial charge is 0.508 e. The molecule has 1 saturated carbocycles. The van der Waals surface area contributed by atoms with Crippen molar-refractivity contribution in [2.75, 3.05) is 18.0 Å². The van der Waals surface area contributed by atoms with Gasteiger partial charge < -0.3 is 20.2 Å². The second-order valence-corrected chi connectivity index (χ2v) is 8.38. The molecule has 0 bridgehead atoms. The van der Waals surface area contributed by atoms with Crippen molar-refractivity contribution in [3.05, 3.63) is 53.7 Å². The second-order valence-electron chi connectivity index (χ2n) is 8.38. The van der Waals surface area contributed by atoms with E-state index < -0.39 is 0 Å². The molecule has 1 aliphatic heterocycles. The van der Waals surface area contributed by atoms with E-state index in [1.54, 1.807) is 12.1 Å². The third-order valence-electron chi connectivity index (χ3n) is 5.87. The molecule has 2 amide bonds. The summed E-state index contributed by atoms with van der Waals surface area (Å²) in [6.07, 6.45) is 6.38. The maximum Gasteiger partial charge on any atom is 0.318 e. The van der Waals surface area contributed by atoms with Crippen LogP contribution >= 0.6 is 0 Å². The van der Waals surface area contributed by atoms with E-state index in [1.165, 1.54) is 12.8 Å². The van der Waals surface area contributed by atoms with Gasteiger partial charge in [0.2, 0.25) is 0 Å². The fourth-order valence-corrected chi connectivity index (χ4v) is 3.83. The first-order valence-electron chi connectivity index (χ1n) is 10.6. The average Bonchev–Trinajstić information content (AvgIpc) is 3.56. The lowest BCUT2D eigenvalue weighted by molar-refractivity contribution is 0.191. The molecule has 2 heterocycles. The SMILES string of the molecule is CC1CCN(c2ccc(CNC(=O)N(Cc3cccc(O)c3)C3CC3)cn2)CC1. The normalized spacial score (nSPS) is 17.2. The summed E-state index contributed by atoms with van der Waals surface area (Å²) in [7, 11) is 0. The van der Waals surface area contributed by atoms with Crippen LogP contribution in [0.15, 0.2) is 42.6 Å². The van der Waals surface area contributed by atoms with Crippen LogP contribution in [0.3, 0.4) is 0 Å². The Labute approximate surface area is 172 Å². The molecule has 1 aromatic heterocycles. The third-order valence-corrected chi connectivity index (χ3v) is 5.87. The second kappa shape index (κ2) is 8.72. The summed E-state index contributed by atoms with van der Waals surface area (Å²) in [6.45, 7) is 5.41. The number of nitrogens with one attached hydrogen (secondary N) is 1. The summed E-state index contributed by atoms with van der Waals surface area (Å²) in [5, 5.41) is 12.7. The highest BCUT2D eigenvalue weighted by atomic mass is 16.3. The predicted octanol–water partition coefficient (Wildman–Crippen LogP) is 3.90. The van der Waals surface area contributed by atoms with Crippen LogP contribution in [0, 0.1) is 5.92 Å². The fraction of sp³-hybridized carbons (Fsp3) is 0.478. The standard InChI is InChI=1S/C23H30N4O2/c1-17-9-11-26(12-10-17)22-8-5-19(14-24-22)15-25-23(29)27(20-6-7-20)16-18-3-2-4-21(28)13-18/h2-5,8,13-14,17,20,28H,6-7,9-12,15-16H2,1H3,(H,25,29). The molecule has 1 aromatic carbocycles. The van der Waals surface area contributed by atoms with E-state index in [-0.39, 0.29) is 11.8 Å². The number of benzene rings is 1. The number of aromatic nitrogens is 1. The molecule has 2 aromatic rings. The van der Waals surface area contributed by atoms with Gasteiger partial charge in [-0.25, -0.2) is 9.78 Å². The van der Waals surface area contributed by atoms with Crippen LogP contribution < -0.4 is 10.2 Å². The Morgan fingerprint density at radius 3 is 2.62 bits per heavy atom. The van der Waals surface area contributed by atoms with Gasteiger partial charge in [0.15, 0.2) is 0 Å². The van der Waals surface area contributed by atoms with Gasteiger partial charge in [-0.3, -0.25) is 0 Å². The Hall–Kier alpha value is -2.76. The van der Waals surface area contributed by atoms with Gasteiger partial charge in [0, 0.05) is 38.4 Å². The van der Waals surface area contributed by atoms with E-state index in [4.69, 9.17) is 0 Å². The molecule has 0 unspecified atom stereocenters. The molecule has 29 heavy (non-hydrogen) atoms. The summed E-state index contributed by atoms with van der Waals surface area (Å²) < 4.78 is 0.